The Bertz CT molecular complexity index is 142. The molecule has 0 radical (unpaired) electrons. The van der Waals surface area contributed by atoms with Crippen molar-refractivity contribution in [2.45, 2.75) is 52.4 Å². The first-order valence-corrected chi connectivity index (χ1v) is 5.26. The maximum absolute atomic E-state index is 9.37. The Morgan fingerprint density at radius 3 is 1.36 bits per heavy atom. The topological polar surface area (TPSA) is 54.4 Å². The fourth-order valence-corrected chi connectivity index (χ4v) is 0.884. The van der Waals surface area contributed by atoms with Gasteiger partial charge in [0.25, 0.3) is 0 Å². The van der Waals surface area contributed by atoms with Crippen molar-refractivity contribution in [2.75, 3.05) is 0 Å². The molecule has 0 saturated heterocycles. The summed E-state index contributed by atoms with van der Waals surface area (Å²) in [4.78, 5) is 18.6. The minimum atomic E-state index is -0.745. The highest BCUT2D eigenvalue weighted by Gasteiger charge is 1.95. The van der Waals surface area contributed by atoms with Crippen molar-refractivity contribution < 1.29 is 14.7 Å². The number of hydrogen-bond acceptors (Lipinski definition) is 2. The van der Waals surface area contributed by atoms with Crippen LogP contribution in [0, 0.1) is 0 Å². The van der Waals surface area contributed by atoms with Crippen LogP contribution in [-0.4, -0.2) is 16.3 Å². The van der Waals surface area contributed by atoms with E-state index in [-0.39, 0.29) is 11.7 Å². The van der Waals surface area contributed by atoms with Gasteiger partial charge >= 0.3 is 5.97 Å². The lowest BCUT2D eigenvalue weighted by Crippen LogP contribution is -1.86. The zero-order valence-electron chi connectivity index (χ0n) is 8.88. The van der Waals surface area contributed by atoms with Crippen LogP contribution in [0.2, 0.25) is 0 Å². The number of halogens is 1. The number of carboxylic acids is 1. The molecule has 1 N–H and O–H groups in total. The minimum absolute atomic E-state index is 0.222. The van der Waals surface area contributed by atoms with Crippen molar-refractivity contribution in [1.82, 2.24) is 0 Å². The van der Waals surface area contributed by atoms with Crippen LogP contribution in [0.1, 0.15) is 52.4 Å². The molecule has 0 atom stereocenters. The summed E-state index contributed by atoms with van der Waals surface area (Å²) in [6.07, 6.45) is 7.72. The number of carbonyl (C=O) groups excluding carboxylic acids is 1. The molecule has 0 bridgehead atoms. The average molecular weight is 223 g/mol. The first-order valence-electron chi connectivity index (χ1n) is 4.88. The Morgan fingerprint density at radius 2 is 1.29 bits per heavy atom. The van der Waals surface area contributed by atoms with Crippen LogP contribution in [-0.2, 0) is 9.59 Å². The van der Waals surface area contributed by atoms with Crippen LogP contribution < -0.4 is 0 Å². The molecule has 0 aliphatic heterocycles. The quantitative estimate of drug-likeness (QED) is 0.694. The zero-order chi connectivity index (χ0) is 11.4. The van der Waals surface area contributed by atoms with Gasteiger partial charge in [0.1, 0.15) is 0 Å². The van der Waals surface area contributed by atoms with Gasteiger partial charge in [0.15, 0.2) is 0 Å². The van der Waals surface area contributed by atoms with Gasteiger partial charge in [-0.05, 0) is 11.6 Å². The smallest absolute Gasteiger partial charge is 0.303 e. The Balaban J connectivity index is 0. The molecule has 0 unspecified atom stereocenters. The normalized spacial score (nSPS) is 13.1. The van der Waals surface area contributed by atoms with Gasteiger partial charge in [0, 0.05) is 13.3 Å². The molecule has 0 aromatic heterocycles. The molecule has 0 aromatic rings. The summed E-state index contributed by atoms with van der Waals surface area (Å²) in [5, 5.41) is 7.36. The van der Waals surface area contributed by atoms with E-state index in [9.17, 15) is 9.59 Å². The third-order valence-corrected chi connectivity index (χ3v) is 1.55. The summed E-state index contributed by atoms with van der Waals surface area (Å²) in [5.74, 6) is -0.745. The first-order chi connectivity index (χ1) is 6.50. The molecule has 1 fully saturated rings. The van der Waals surface area contributed by atoms with Crippen LogP contribution in [0.25, 0.3) is 0 Å². The fraction of sp³-hybridized carbons (Fsp3) is 0.800. The van der Waals surface area contributed by atoms with Crippen LogP contribution >= 0.6 is 11.6 Å². The van der Waals surface area contributed by atoms with Gasteiger partial charge in [-0.3, -0.25) is 9.59 Å². The van der Waals surface area contributed by atoms with Crippen molar-refractivity contribution >= 4 is 22.8 Å². The second-order valence-electron chi connectivity index (χ2n) is 2.99. The highest BCUT2D eigenvalue weighted by molar-refractivity contribution is 6.62. The maximum atomic E-state index is 9.37. The van der Waals surface area contributed by atoms with Crippen molar-refractivity contribution in [3.05, 3.63) is 0 Å². The number of carboxylic acid groups (broad SMARTS) is 1. The maximum Gasteiger partial charge on any atom is 0.303 e. The third-order valence-electron chi connectivity index (χ3n) is 1.55. The van der Waals surface area contributed by atoms with Gasteiger partial charge in [0.2, 0.25) is 5.24 Å². The number of carbonyl (C=O) groups is 2. The van der Waals surface area contributed by atoms with Gasteiger partial charge in [0.05, 0.1) is 0 Å². The predicted octanol–water partition coefficient (Wildman–Crippen LogP) is 3.20. The highest BCUT2D eigenvalue weighted by Crippen LogP contribution is 2.15. The van der Waals surface area contributed by atoms with E-state index in [1.807, 2.05) is 0 Å². The summed E-state index contributed by atoms with van der Waals surface area (Å²) in [6, 6.07) is 0. The molecule has 0 spiro atoms. The minimum Gasteiger partial charge on any atom is -0.481 e. The summed E-state index contributed by atoms with van der Waals surface area (Å²) in [5.41, 5.74) is 0. The molecule has 84 valence electrons. The number of rotatable bonds is 1. The van der Waals surface area contributed by atoms with E-state index >= 15 is 0 Å². The van der Waals surface area contributed by atoms with Gasteiger partial charge in [-0.25, -0.2) is 0 Å². The Kier molecular flexibility index (Phi) is 14.1. The van der Waals surface area contributed by atoms with Crippen molar-refractivity contribution in [3.8, 4) is 0 Å². The summed E-state index contributed by atoms with van der Waals surface area (Å²) < 4.78 is 0. The summed E-state index contributed by atoms with van der Waals surface area (Å²) in [6.45, 7) is 2.89. The fourth-order valence-electron chi connectivity index (χ4n) is 0.884. The van der Waals surface area contributed by atoms with E-state index in [0.29, 0.717) is 0 Å². The van der Waals surface area contributed by atoms with E-state index in [4.69, 9.17) is 5.11 Å². The molecule has 1 rings (SSSR count). The highest BCUT2D eigenvalue weighted by atomic mass is 35.5. The van der Waals surface area contributed by atoms with E-state index < -0.39 is 5.97 Å². The molecular weight excluding hydrogens is 204 g/mol. The van der Waals surface area contributed by atoms with Crippen molar-refractivity contribution in [3.63, 3.8) is 0 Å². The number of aliphatic carboxylic acids is 1. The largest absolute Gasteiger partial charge is 0.481 e. The SMILES string of the molecule is C1CCCC1.CC(=O)Cl.CCC(=O)O. The molecule has 4 heteroatoms. The molecule has 1 aliphatic carbocycles. The van der Waals surface area contributed by atoms with Crippen LogP contribution in [0.4, 0.5) is 0 Å². The lowest BCUT2D eigenvalue weighted by atomic mass is 10.4. The van der Waals surface area contributed by atoms with Crippen molar-refractivity contribution in [2.24, 2.45) is 0 Å². The molecule has 3 nitrogen and oxygen atoms in total. The zero-order valence-corrected chi connectivity index (χ0v) is 9.64. The molecular formula is C10H19ClO3. The summed E-state index contributed by atoms with van der Waals surface area (Å²) in [7, 11) is 0. The van der Waals surface area contributed by atoms with Crippen LogP contribution in [0.15, 0.2) is 0 Å². The predicted molar refractivity (Wildman–Crippen MR) is 57.5 cm³/mol. The Labute approximate surface area is 90.5 Å². The van der Waals surface area contributed by atoms with E-state index in [1.165, 1.54) is 39.0 Å². The molecule has 1 saturated carbocycles. The van der Waals surface area contributed by atoms with Gasteiger partial charge in [-0.15, -0.1) is 0 Å². The molecule has 0 heterocycles. The second-order valence-corrected chi connectivity index (χ2v) is 3.52. The molecule has 0 amide bonds. The third kappa shape index (κ3) is 30.1. The lowest BCUT2D eigenvalue weighted by Gasteiger charge is -1.71. The Morgan fingerprint density at radius 1 is 1.14 bits per heavy atom. The molecule has 14 heavy (non-hydrogen) atoms. The monoisotopic (exact) mass is 222 g/mol. The number of hydrogen-bond donors (Lipinski definition) is 1. The Hall–Kier alpha value is -0.570. The van der Waals surface area contributed by atoms with Crippen molar-refractivity contribution in [1.29, 1.82) is 0 Å². The standard InChI is InChI=1S/C5H10.C3H6O2.C2H3ClO/c1-2-4-5-3-1;1-2-3(4)5;1-2(3)4/h1-5H2;2H2,1H3,(H,4,5);1H3. The van der Waals surface area contributed by atoms with E-state index in [0.717, 1.165) is 0 Å². The second kappa shape index (κ2) is 12.4. The van der Waals surface area contributed by atoms with Gasteiger partial charge < -0.3 is 5.11 Å². The first kappa shape index (κ1) is 15.9. The molecule has 0 aromatic carbocycles. The lowest BCUT2D eigenvalue weighted by molar-refractivity contribution is -0.136. The van der Waals surface area contributed by atoms with Crippen LogP contribution in [0.5, 0.6) is 0 Å². The summed E-state index contributed by atoms with van der Waals surface area (Å²) >= 11 is 4.64. The van der Waals surface area contributed by atoms with E-state index in [2.05, 4.69) is 11.6 Å². The molecule has 1 aliphatic rings. The average Bonchev–Trinajstić information content (AvgIpc) is 2.59. The van der Waals surface area contributed by atoms with Gasteiger partial charge in [-0.2, -0.15) is 0 Å². The van der Waals surface area contributed by atoms with Crippen LogP contribution in [0.3, 0.4) is 0 Å². The van der Waals surface area contributed by atoms with E-state index in [1.54, 1.807) is 6.92 Å². The van der Waals surface area contributed by atoms with Gasteiger partial charge in [-0.1, -0.05) is 39.0 Å².